The van der Waals surface area contributed by atoms with Gasteiger partial charge in [-0.25, -0.2) is 0 Å². The minimum absolute atomic E-state index is 0.183. The molecule has 2 aromatic carbocycles. The number of benzene rings is 2. The molecule has 21 heavy (non-hydrogen) atoms. The number of hydrogen-bond donors (Lipinski definition) is 2. The van der Waals surface area contributed by atoms with Crippen molar-refractivity contribution >= 4 is 40.4 Å². The second-order valence-corrected chi connectivity index (χ2v) is 5.71. The van der Waals surface area contributed by atoms with Gasteiger partial charge in [0.1, 0.15) is 0 Å². The summed E-state index contributed by atoms with van der Waals surface area (Å²) in [6, 6.07) is 12.7. The van der Waals surface area contributed by atoms with E-state index >= 15 is 0 Å². The Morgan fingerprint density at radius 3 is 2.52 bits per heavy atom. The molecule has 2 rings (SSSR count). The Hall–Kier alpha value is -1.91. The summed E-state index contributed by atoms with van der Waals surface area (Å²) in [6.45, 7) is 1.87. The Kier molecular flexibility index (Phi) is 4.94. The maximum atomic E-state index is 12.2. The van der Waals surface area contributed by atoms with Crippen LogP contribution in [0.15, 0.2) is 42.5 Å². The predicted molar refractivity (Wildman–Crippen MR) is 91.1 cm³/mol. The van der Waals surface area contributed by atoms with E-state index in [0.717, 1.165) is 11.1 Å². The van der Waals surface area contributed by atoms with Crippen molar-refractivity contribution in [1.29, 1.82) is 0 Å². The number of anilines is 1. The second-order valence-electron chi connectivity index (χ2n) is 4.75. The number of hydrogen-bond acceptors (Lipinski definition) is 2. The first-order valence-electron chi connectivity index (χ1n) is 6.40. The lowest BCUT2D eigenvalue weighted by molar-refractivity contribution is 0.102. The van der Waals surface area contributed by atoms with E-state index in [0.29, 0.717) is 27.7 Å². The van der Waals surface area contributed by atoms with Crippen molar-refractivity contribution in [2.24, 2.45) is 5.73 Å². The molecule has 3 nitrogen and oxygen atoms in total. The molecular weight excluding hydrogens is 304 g/mol. The van der Waals surface area contributed by atoms with Gasteiger partial charge in [0.15, 0.2) is 0 Å². The fourth-order valence-electron chi connectivity index (χ4n) is 1.94. The molecule has 0 fully saturated rings. The van der Waals surface area contributed by atoms with Crippen LogP contribution in [-0.2, 0) is 6.42 Å². The third kappa shape index (κ3) is 4.28. The van der Waals surface area contributed by atoms with Gasteiger partial charge in [-0.2, -0.15) is 0 Å². The van der Waals surface area contributed by atoms with Crippen LogP contribution in [0.4, 0.5) is 5.69 Å². The Balaban J connectivity index is 2.12. The van der Waals surface area contributed by atoms with Crippen LogP contribution in [0.1, 0.15) is 21.5 Å². The van der Waals surface area contributed by atoms with E-state index < -0.39 is 0 Å². The third-order valence-corrected chi connectivity index (χ3v) is 3.41. The zero-order chi connectivity index (χ0) is 15.4. The van der Waals surface area contributed by atoms with Gasteiger partial charge in [0, 0.05) is 22.7 Å². The lowest BCUT2D eigenvalue weighted by Crippen LogP contribution is -2.14. The highest BCUT2D eigenvalue weighted by molar-refractivity contribution is 7.80. The van der Waals surface area contributed by atoms with Gasteiger partial charge in [-0.1, -0.05) is 42.0 Å². The first-order chi connectivity index (χ1) is 9.95. The highest BCUT2D eigenvalue weighted by atomic mass is 35.5. The summed E-state index contributed by atoms with van der Waals surface area (Å²) in [5, 5.41) is 3.38. The van der Waals surface area contributed by atoms with E-state index in [9.17, 15) is 4.79 Å². The molecule has 0 saturated heterocycles. The lowest BCUT2D eigenvalue weighted by atomic mass is 10.1. The maximum Gasteiger partial charge on any atom is 0.255 e. The molecule has 0 aliphatic rings. The van der Waals surface area contributed by atoms with E-state index in [2.05, 4.69) is 5.32 Å². The second kappa shape index (κ2) is 6.70. The molecule has 0 atom stereocenters. The Morgan fingerprint density at radius 2 is 1.90 bits per heavy atom. The standard InChI is InChI=1S/C16H15ClN2OS/c1-10-2-5-12(17)9-14(10)16(20)19-13-6-3-11(4-7-13)8-15(18)21/h2-7,9H,8H2,1H3,(H2,18,21)(H,19,20). The zero-order valence-electron chi connectivity index (χ0n) is 11.5. The monoisotopic (exact) mass is 318 g/mol. The molecule has 0 bridgehead atoms. The van der Waals surface area contributed by atoms with Gasteiger partial charge in [-0.05, 0) is 42.3 Å². The molecule has 0 heterocycles. The van der Waals surface area contributed by atoms with Crippen LogP contribution in [-0.4, -0.2) is 10.9 Å². The normalized spacial score (nSPS) is 10.2. The average molecular weight is 319 g/mol. The van der Waals surface area contributed by atoms with Gasteiger partial charge in [0.05, 0.1) is 4.99 Å². The number of carbonyl (C=O) groups excluding carboxylic acids is 1. The first-order valence-corrected chi connectivity index (χ1v) is 7.19. The fourth-order valence-corrected chi connectivity index (χ4v) is 2.28. The van der Waals surface area contributed by atoms with Gasteiger partial charge in [-0.3, -0.25) is 4.79 Å². The Morgan fingerprint density at radius 1 is 1.24 bits per heavy atom. The van der Waals surface area contributed by atoms with Crippen LogP contribution >= 0.6 is 23.8 Å². The van der Waals surface area contributed by atoms with E-state index in [1.165, 1.54) is 0 Å². The topological polar surface area (TPSA) is 55.1 Å². The fraction of sp³-hybridized carbons (Fsp3) is 0.125. The summed E-state index contributed by atoms with van der Waals surface area (Å²) < 4.78 is 0. The third-order valence-electron chi connectivity index (χ3n) is 3.03. The molecule has 0 aromatic heterocycles. The van der Waals surface area contributed by atoms with Crippen molar-refractivity contribution < 1.29 is 4.79 Å². The van der Waals surface area contributed by atoms with Crippen molar-refractivity contribution in [3.8, 4) is 0 Å². The van der Waals surface area contributed by atoms with Gasteiger partial charge in [0.25, 0.3) is 5.91 Å². The molecule has 0 aliphatic heterocycles. The number of amides is 1. The van der Waals surface area contributed by atoms with Gasteiger partial charge in [0.2, 0.25) is 0 Å². The molecule has 1 amide bonds. The Bertz CT molecular complexity index is 683. The molecule has 0 aliphatic carbocycles. The number of nitrogens with one attached hydrogen (secondary N) is 1. The van der Waals surface area contributed by atoms with Crippen LogP contribution in [0.2, 0.25) is 5.02 Å². The molecule has 0 spiro atoms. The van der Waals surface area contributed by atoms with E-state index in [-0.39, 0.29) is 5.91 Å². The SMILES string of the molecule is Cc1ccc(Cl)cc1C(=O)Nc1ccc(CC(N)=S)cc1. The molecule has 0 radical (unpaired) electrons. The number of aryl methyl sites for hydroxylation is 1. The smallest absolute Gasteiger partial charge is 0.255 e. The first kappa shape index (κ1) is 15.5. The van der Waals surface area contributed by atoms with Gasteiger partial charge in [-0.15, -0.1) is 0 Å². The van der Waals surface area contributed by atoms with Crippen molar-refractivity contribution in [2.75, 3.05) is 5.32 Å². The van der Waals surface area contributed by atoms with Gasteiger partial charge >= 0.3 is 0 Å². The summed E-state index contributed by atoms with van der Waals surface area (Å²) in [7, 11) is 0. The summed E-state index contributed by atoms with van der Waals surface area (Å²) in [5.41, 5.74) is 8.67. The molecular formula is C16H15ClN2OS. The van der Waals surface area contributed by atoms with Crippen LogP contribution < -0.4 is 11.1 Å². The summed E-state index contributed by atoms with van der Waals surface area (Å²) in [5.74, 6) is -0.183. The number of halogens is 1. The number of thiocarbonyl (C=S) groups is 1. The summed E-state index contributed by atoms with van der Waals surface area (Å²) in [6.07, 6.45) is 0.553. The van der Waals surface area contributed by atoms with Crippen LogP contribution in [0.5, 0.6) is 0 Å². The molecule has 0 unspecified atom stereocenters. The minimum atomic E-state index is -0.183. The Labute approximate surface area is 134 Å². The highest BCUT2D eigenvalue weighted by Crippen LogP contribution is 2.18. The van der Waals surface area contributed by atoms with Crippen molar-refractivity contribution in [2.45, 2.75) is 13.3 Å². The van der Waals surface area contributed by atoms with Gasteiger partial charge < -0.3 is 11.1 Å². The largest absolute Gasteiger partial charge is 0.393 e. The summed E-state index contributed by atoms with van der Waals surface area (Å²) in [4.78, 5) is 12.7. The quantitative estimate of drug-likeness (QED) is 0.845. The van der Waals surface area contributed by atoms with Crippen LogP contribution in [0.25, 0.3) is 0 Å². The maximum absolute atomic E-state index is 12.2. The molecule has 0 saturated carbocycles. The van der Waals surface area contributed by atoms with E-state index in [4.69, 9.17) is 29.6 Å². The highest BCUT2D eigenvalue weighted by Gasteiger charge is 2.10. The average Bonchev–Trinajstić information content (AvgIpc) is 2.43. The molecule has 108 valence electrons. The number of rotatable bonds is 4. The van der Waals surface area contributed by atoms with Crippen LogP contribution in [0, 0.1) is 6.92 Å². The number of carbonyl (C=O) groups is 1. The van der Waals surface area contributed by atoms with Crippen molar-refractivity contribution in [3.05, 3.63) is 64.2 Å². The lowest BCUT2D eigenvalue weighted by Gasteiger charge is -2.09. The van der Waals surface area contributed by atoms with E-state index in [1.807, 2.05) is 37.3 Å². The van der Waals surface area contributed by atoms with Crippen molar-refractivity contribution in [1.82, 2.24) is 0 Å². The molecule has 5 heteroatoms. The minimum Gasteiger partial charge on any atom is -0.393 e. The molecule has 3 N–H and O–H groups in total. The van der Waals surface area contributed by atoms with Crippen molar-refractivity contribution in [3.63, 3.8) is 0 Å². The molecule has 2 aromatic rings. The van der Waals surface area contributed by atoms with E-state index in [1.54, 1.807) is 12.1 Å². The predicted octanol–water partition coefficient (Wildman–Crippen LogP) is 3.73. The zero-order valence-corrected chi connectivity index (χ0v) is 13.1. The van der Waals surface area contributed by atoms with Crippen LogP contribution in [0.3, 0.4) is 0 Å². The summed E-state index contributed by atoms with van der Waals surface area (Å²) >= 11 is 10.8. The number of nitrogens with two attached hydrogens (primary N) is 1.